The Morgan fingerprint density at radius 1 is 1.53 bits per heavy atom. The van der Waals surface area contributed by atoms with Crippen molar-refractivity contribution in [3.8, 4) is 0 Å². The SMILES string of the molecule is CCCCC(ON=O)c1cccc(N)c1. The molecule has 15 heavy (non-hydrogen) atoms. The van der Waals surface area contributed by atoms with Gasteiger partial charge in [-0.05, 0) is 30.5 Å². The van der Waals surface area contributed by atoms with E-state index in [-0.39, 0.29) is 6.10 Å². The molecule has 0 bridgehead atoms. The first kappa shape index (κ1) is 11.5. The van der Waals surface area contributed by atoms with Crippen molar-refractivity contribution in [2.45, 2.75) is 32.3 Å². The van der Waals surface area contributed by atoms with Gasteiger partial charge < -0.3 is 10.6 Å². The maximum Gasteiger partial charge on any atom is 0.156 e. The molecular formula is C11H16N2O2. The van der Waals surface area contributed by atoms with E-state index in [0.717, 1.165) is 24.8 Å². The van der Waals surface area contributed by atoms with E-state index in [1.165, 1.54) is 0 Å². The molecule has 0 fully saturated rings. The van der Waals surface area contributed by atoms with E-state index in [1.807, 2.05) is 18.2 Å². The maximum absolute atomic E-state index is 10.1. The predicted octanol–water partition coefficient (Wildman–Crippen LogP) is 3.20. The van der Waals surface area contributed by atoms with Crippen molar-refractivity contribution < 1.29 is 4.84 Å². The van der Waals surface area contributed by atoms with Gasteiger partial charge in [0.1, 0.15) is 0 Å². The summed E-state index contributed by atoms with van der Waals surface area (Å²) in [7, 11) is 0. The molecule has 0 heterocycles. The Kier molecular flexibility index (Phi) is 4.60. The molecular weight excluding hydrogens is 192 g/mol. The summed E-state index contributed by atoms with van der Waals surface area (Å²) in [4.78, 5) is 14.9. The number of hydrogen-bond donors (Lipinski definition) is 1. The third-order valence-electron chi connectivity index (χ3n) is 2.27. The Morgan fingerprint density at radius 3 is 2.93 bits per heavy atom. The molecule has 0 saturated carbocycles. The van der Waals surface area contributed by atoms with Gasteiger partial charge in [-0.2, -0.15) is 0 Å². The van der Waals surface area contributed by atoms with E-state index >= 15 is 0 Å². The fourth-order valence-electron chi connectivity index (χ4n) is 1.48. The number of nitrogen functional groups attached to an aromatic ring is 1. The zero-order chi connectivity index (χ0) is 11.1. The van der Waals surface area contributed by atoms with E-state index in [4.69, 9.17) is 10.6 Å². The summed E-state index contributed by atoms with van der Waals surface area (Å²) in [6.07, 6.45) is 2.56. The zero-order valence-corrected chi connectivity index (χ0v) is 8.85. The molecule has 0 radical (unpaired) electrons. The Hall–Kier alpha value is -1.58. The molecule has 0 spiro atoms. The first-order valence-electron chi connectivity index (χ1n) is 5.11. The van der Waals surface area contributed by atoms with Crippen molar-refractivity contribution in [1.29, 1.82) is 0 Å². The highest BCUT2D eigenvalue weighted by Gasteiger charge is 2.12. The van der Waals surface area contributed by atoms with Crippen molar-refractivity contribution in [3.05, 3.63) is 34.7 Å². The van der Waals surface area contributed by atoms with Crippen LogP contribution in [0.1, 0.15) is 37.9 Å². The van der Waals surface area contributed by atoms with Crippen LogP contribution in [-0.4, -0.2) is 0 Å². The smallest absolute Gasteiger partial charge is 0.156 e. The van der Waals surface area contributed by atoms with Gasteiger partial charge in [0, 0.05) is 5.69 Å². The number of nitrogens with zero attached hydrogens (tertiary/aromatic N) is 1. The molecule has 0 aliphatic rings. The quantitative estimate of drug-likeness (QED) is 0.443. The number of anilines is 1. The molecule has 82 valence electrons. The van der Waals surface area contributed by atoms with E-state index in [0.29, 0.717) is 5.69 Å². The average molecular weight is 208 g/mol. The molecule has 4 heteroatoms. The maximum atomic E-state index is 10.1. The van der Waals surface area contributed by atoms with Gasteiger partial charge in [-0.1, -0.05) is 25.5 Å². The predicted molar refractivity (Wildman–Crippen MR) is 60.0 cm³/mol. The van der Waals surface area contributed by atoms with E-state index < -0.39 is 0 Å². The van der Waals surface area contributed by atoms with Gasteiger partial charge in [0.2, 0.25) is 0 Å². The van der Waals surface area contributed by atoms with E-state index in [2.05, 4.69) is 12.3 Å². The normalized spacial score (nSPS) is 12.1. The fourth-order valence-corrected chi connectivity index (χ4v) is 1.48. The number of nitrogens with two attached hydrogens (primary N) is 1. The molecule has 2 N–H and O–H groups in total. The second kappa shape index (κ2) is 6.01. The molecule has 4 nitrogen and oxygen atoms in total. The standard InChI is InChI=1S/C11H16N2O2/c1-2-3-7-11(15-13-14)9-5-4-6-10(12)8-9/h4-6,8,11H,2-3,7,12H2,1H3. The van der Waals surface area contributed by atoms with Gasteiger partial charge in [-0.15, -0.1) is 4.91 Å². The molecule has 1 atom stereocenters. The number of hydrogen-bond acceptors (Lipinski definition) is 4. The highest BCUT2D eigenvalue weighted by molar-refractivity contribution is 5.41. The summed E-state index contributed by atoms with van der Waals surface area (Å²) in [6, 6.07) is 7.35. The first-order valence-corrected chi connectivity index (χ1v) is 5.11. The van der Waals surface area contributed by atoms with Gasteiger partial charge in [0.05, 0.1) is 0 Å². The molecule has 1 rings (SSSR count). The van der Waals surface area contributed by atoms with Gasteiger partial charge in [-0.25, -0.2) is 0 Å². The highest BCUT2D eigenvalue weighted by atomic mass is 16.7. The third-order valence-corrected chi connectivity index (χ3v) is 2.27. The van der Waals surface area contributed by atoms with Gasteiger partial charge in [0.15, 0.2) is 11.4 Å². The largest absolute Gasteiger partial charge is 0.399 e. The third kappa shape index (κ3) is 3.58. The van der Waals surface area contributed by atoms with Crippen molar-refractivity contribution in [2.75, 3.05) is 5.73 Å². The number of unbranched alkanes of at least 4 members (excludes halogenated alkanes) is 1. The lowest BCUT2D eigenvalue weighted by Gasteiger charge is -2.13. The van der Waals surface area contributed by atoms with Crippen LogP contribution >= 0.6 is 0 Å². The molecule has 0 aliphatic carbocycles. The van der Waals surface area contributed by atoms with Crippen LogP contribution in [0.15, 0.2) is 29.6 Å². The molecule has 0 aliphatic heterocycles. The minimum atomic E-state index is -0.272. The lowest BCUT2D eigenvalue weighted by atomic mass is 10.0. The van der Waals surface area contributed by atoms with Crippen molar-refractivity contribution in [2.24, 2.45) is 5.34 Å². The Balaban J connectivity index is 2.73. The Labute approximate surface area is 89.4 Å². The van der Waals surface area contributed by atoms with Crippen LogP contribution in [0.3, 0.4) is 0 Å². The molecule has 1 aromatic carbocycles. The summed E-state index contributed by atoms with van der Waals surface area (Å²) >= 11 is 0. The summed E-state index contributed by atoms with van der Waals surface area (Å²) < 4.78 is 0. The Morgan fingerprint density at radius 2 is 2.33 bits per heavy atom. The lowest BCUT2D eigenvalue weighted by Crippen LogP contribution is -2.01. The molecule has 0 amide bonds. The number of benzene rings is 1. The van der Waals surface area contributed by atoms with Gasteiger partial charge in [0.25, 0.3) is 0 Å². The molecule has 1 aromatic rings. The Bertz CT molecular complexity index is 315. The highest BCUT2D eigenvalue weighted by Crippen LogP contribution is 2.25. The average Bonchev–Trinajstić information content (AvgIpc) is 2.24. The van der Waals surface area contributed by atoms with Crippen molar-refractivity contribution in [1.82, 2.24) is 0 Å². The first-order chi connectivity index (χ1) is 7.27. The van der Waals surface area contributed by atoms with Gasteiger partial charge in [-0.3, -0.25) is 0 Å². The minimum absolute atomic E-state index is 0.272. The molecule has 0 aromatic heterocycles. The van der Waals surface area contributed by atoms with Crippen LogP contribution in [-0.2, 0) is 4.84 Å². The summed E-state index contributed by atoms with van der Waals surface area (Å²) in [5.74, 6) is 0. The lowest BCUT2D eigenvalue weighted by molar-refractivity contribution is 0.0469. The molecule has 1 unspecified atom stereocenters. The molecule has 0 saturated heterocycles. The van der Waals surface area contributed by atoms with Crippen molar-refractivity contribution >= 4 is 5.69 Å². The summed E-state index contributed by atoms with van der Waals surface area (Å²) in [5.41, 5.74) is 7.23. The van der Waals surface area contributed by atoms with E-state index in [1.54, 1.807) is 6.07 Å². The second-order valence-corrected chi connectivity index (χ2v) is 3.48. The van der Waals surface area contributed by atoms with Crippen LogP contribution in [0.2, 0.25) is 0 Å². The van der Waals surface area contributed by atoms with Crippen LogP contribution in [0, 0.1) is 4.91 Å². The summed E-state index contributed by atoms with van der Waals surface area (Å²) in [6.45, 7) is 2.09. The van der Waals surface area contributed by atoms with E-state index in [9.17, 15) is 4.91 Å². The summed E-state index contributed by atoms with van der Waals surface area (Å²) in [5, 5.41) is 2.50. The minimum Gasteiger partial charge on any atom is -0.399 e. The fraction of sp³-hybridized carbons (Fsp3) is 0.455. The number of rotatable bonds is 6. The zero-order valence-electron chi connectivity index (χ0n) is 8.85. The van der Waals surface area contributed by atoms with Crippen LogP contribution in [0.4, 0.5) is 5.69 Å². The topological polar surface area (TPSA) is 64.7 Å². The van der Waals surface area contributed by atoms with Gasteiger partial charge >= 0.3 is 0 Å². The van der Waals surface area contributed by atoms with Crippen molar-refractivity contribution in [3.63, 3.8) is 0 Å². The monoisotopic (exact) mass is 208 g/mol. The van der Waals surface area contributed by atoms with Crippen LogP contribution < -0.4 is 5.73 Å². The second-order valence-electron chi connectivity index (χ2n) is 3.48. The van der Waals surface area contributed by atoms with Crippen LogP contribution in [0.25, 0.3) is 0 Å². The van der Waals surface area contributed by atoms with Crippen LogP contribution in [0.5, 0.6) is 0 Å².